The van der Waals surface area contributed by atoms with Gasteiger partial charge in [0.1, 0.15) is 6.61 Å². The predicted molar refractivity (Wildman–Crippen MR) is 52.9 cm³/mol. The summed E-state index contributed by atoms with van der Waals surface area (Å²) in [6.45, 7) is 2.81. The Bertz CT molecular complexity index is 230. The van der Waals surface area contributed by atoms with Crippen LogP contribution in [0.2, 0.25) is 0 Å². The molecule has 2 unspecified atom stereocenters. The highest BCUT2D eigenvalue weighted by Crippen LogP contribution is 2.13. The molecule has 1 amide bonds. The molecule has 2 atom stereocenters. The topological polar surface area (TPSA) is 50.4 Å². The first-order valence-corrected chi connectivity index (χ1v) is 5.12. The Morgan fingerprint density at radius 1 is 1.43 bits per heavy atom. The average molecular weight is 196 g/mol. The van der Waals surface area contributed by atoms with E-state index < -0.39 is 0 Å². The van der Waals surface area contributed by atoms with Crippen LogP contribution in [0.15, 0.2) is 12.2 Å². The van der Waals surface area contributed by atoms with Crippen LogP contribution in [0.25, 0.3) is 0 Å². The lowest BCUT2D eigenvalue weighted by Crippen LogP contribution is -2.47. The van der Waals surface area contributed by atoms with Crippen molar-refractivity contribution in [3.63, 3.8) is 0 Å². The maximum absolute atomic E-state index is 10.9. The Morgan fingerprint density at radius 2 is 2.36 bits per heavy atom. The summed E-state index contributed by atoms with van der Waals surface area (Å²) in [4.78, 5) is 10.9. The Hall–Kier alpha value is -0.870. The molecule has 0 aromatic rings. The molecule has 0 bridgehead atoms. The Kier molecular flexibility index (Phi) is 3.16. The highest BCUT2D eigenvalue weighted by Gasteiger charge is 2.25. The van der Waals surface area contributed by atoms with Crippen LogP contribution in [0.3, 0.4) is 0 Å². The van der Waals surface area contributed by atoms with E-state index in [1.807, 2.05) is 0 Å². The van der Waals surface area contributed by atoms with E-state index in [-0.39, 0.29) is 18.6 Å². The van der Waals surface area contributed by atoms with Gasteiger partial charge < -0.3 is 15.4 Å². The largest absolute Gasteiger partial charge is 0.366 e. The molecule has 2 rings (SSSR count). The van der Waals surface area contributed by atoms with Crippen molar-refractivity contribution in [3.05, 3.63) is 12.2 Å². The molecule has 78 valence electrons. The number of morpholine rings is 1. The summed E-state index contributed by atoms with van der Waals surface area (Å²) in [5.74, 6) is 0.380. The fourth-order valence-corrected chi connectivity index (χ4v) is 1.83. The molecule has 0 spiro atoms. The molecule has 0 saturated carbocycles. The SMILES string of the molecule is O=C1COC(C2C=CCCNC2)CN1. The molecule has 2 aliphatic rings. The number of nitrogens with one attached hydrogen (secondary N) is 2. The summed E-state index contributed by atoms with van der Waals surface area (Å²) >= 11 is 0. The van der Waals surface area contributed by atoms with Gasteiger partial charge in [-0.3, -0.25) is 4.79 Å². The van der Waals surface area contributed by atoms with Gasteiger partial charge in [-0.2, -0.15) is 0 Å². The molecule has 0 radical (unpaired) electrons. The van der Waals surface area contributed by atoms with Crippen LogP contribution in [-0.2, 0) is 9.53 Å². The predicted octanol–water partition coefficient (Wildman–Crippen LogP) is -0.333. The van der Waals surface area contributed by atoms with E-state index in [0.29, 0.717) is 12.5 Å². The fraction of sp³-hybridized carbons (Fsp3) is 0.700. The lowest BCUT2D eigenvalue weighted by Gasteiger charge is -2.28. The first-order valence-electron chi connectivity index (χ1n) is 5.12. The summed E-state index contributed by atoms with van der Waals surface area (Å²) in [6.07, 6.45) is 5.59. The van der Waals surface area contributed by atoms with Gasteiger partial charge in [-0.15, -0.1) is 0 Å². The van der Waals surface area contributed by atoms with Gasteiger partial charge in [0.15, 0.2) is 0 Å². The van der Waals surface area contributed by atoms with Gasteiger partial charge in [0.05, 0.1) is 6.10 Å². The molecule has 1 fully saturated rings. The Balaban J connectivity index is 1.90. The van der Waals surface area contributed by atoms with E-state index in [4.69, 9.17) is 4.74 Å². The third-order valence-corrected chi connectivity index (χ3v) is 2.66. The van der Waals surface area contributed by atoms with Gasteiger partial charge in [0.25, 0.3) is 0 Å². The molecule has 2 heterocycles. The van der Waals surface area contributed by atoms with Crippen molar-refractivity contribution in [2.75, 3.05) is 26.2 Å². The third kappa shape index (κ3) is 2.33. The molecule has 1 saturated heterocycles. The van der Waals surface area contributed by atoms with Crippen LogP contribution in [0, 0.1) is 5.92 Å². The van der Waals surface area contributed by atoms with Crippen molar-refractivity contribution in [1.29, 1.82) is 0 Å². The van der Waals surface area contributed by atoms with E-state index in [0.717, 1.165) is 19.5 Å². The average Bonchev–Trinajstić information content (AvgIpc) is 2.47. The van der Waals surface area contributed by atoms with Crippen LogP contribution < -0.4 is 10.6 Å². The van der Waals surface area contributed by atoms with Crippen molar-refractivity contribution >= 4 is 5.91 Å². The minimum absolute atomic E-state index is 0.00758. The maximum atomic E-state index is 10.9. The number of hydrogen-bond donors (Lipinski definition) is 2. The molecular formula is C10H16N2O2. The summed E-state index contributed by atoms with van der Waals surface area (Å²) < 4.78 is 5.48. The van der Waals surface area contributed by atoms with E-state index in [2.05, 4.69) is 22.8 Å². The van der Waals surface area contributed by atoms with Gasteiger partial charge in [0, 0.05) is 19.0 Å². The van der Waals surface area contributed by atoms with Gasteiger partial charge in [-0.1, -0.05) is 12.2 Å². The van der Waals surface area contributed by atoms with Gasteiger partial charge in [-0.25, -0.2) is 0 Å². The Morgan fingerprint density at radius 3 is 3.14 bits per heavy atom. The number of rotatable bonds is 1. The van der Waals surface area contributed by atoms with Crippen LogP contribution in [-0.4, -0.2) is 38.3 Å². The zero-order chi connectivity index (χ0) is 9.80. The zero-order valence-electron chi connectivity index (χ0n) is 8.16. The van der Waals surface area contributed by atoms with Crippen LogP contribution >= 0.6 is 0 Å². The molecule has 2 aliphatic heterocycles. The second kappa shape index (κ2) is 4.57. The van der Waals surface area contributed by atoms with E-state index in [9.17, 15) is 4.79 Å². The second-order valence-electron chi connectivity index (χ2n) is 3.74. The quantitative estimate of drug-likeness (QED) is 0.564. The van der Waals surface area contributed by atoms with Crippen molar-refractivity contribution in [1.82, 2.24) is 10.6 Å². The third-order valence-electron chi connectivity index (χ3n) is 2.66. The minimum Gasteiger partial charge on any atom is -0.366 e. The number of amides is 1. The zero-order valence-corrected chi connectivity index (χ0v) is 8.16. The summed E-state index contributed by atoms with van der Waals surface area (Å²) in [5.41, 5.74) is 0. The molecule has 0 aromatic heterocycles. The lowest BCUT2D eigenvalue weighted by atomic mass is 10.0. The highest BCUT2D eigenvalue weighted by atomic mass is 16.5. The smallest absolute Gasteiger partial charge is 0.246 e. The monoisotopic (exact) mass is 196 g/mol. The summed E-state index contributed by atoms with van der Waals surface area (Å²) in [6, 6.07) is 0. The normalized spacial score (nSPS) is 33.6. The number of ether oxygens (including phenoxy) is 1. The second-order valence-corrected chi connectivity index (χ2v) is 3.74. The maximum Gasteiger partial charge on any atom is 0.246 e. The van der Waals surface area contributed by atoms with Gasteiger partial charge in [0.2, 0.25) is 5.91 Å². The summed E-state index contributed by atoms with van der Waals surface area (Å²) in [5, 5.41) is 6.17. The van der Waals surface area contributed by atoms with Crippen LogP contribution in [0.1, 0.15) is 6.42 Å². The van der Waals surface area contributed by atoms with Crippen molar-refractivity contribution in [2.45, 2.75) is 12.5 Å². The molecule has 0 aliphatic carbocycles. The van der Waals surface area contributed by atoms with Crippen molar-refractivity contribution in [2.24, 2.45) is 5.92 Å². The van der Waals surface area contributed by atoms with Crippen molar-refractivity contribution < 1.29 is 9.53 Å². The molecular weight excluding hydrogens is 180 g/mol. The molecule has 4 nitrogen and oxygen atoms in total. The molecule has 4 heteroatoms. The Labute approximate surface area is 83.7 Å². The van der Waals surface area contributed by atoms with Gasteiger partial charge in [-0.05, 0) is 13.0 Å². The molecule has 2 N–H and O–H groups in total. The number of carbonyl (C=O) groups is 1. The first-order chi connectivity index (χ1) is 6.86. The lowest BCUT2D eigenvalue weighted by molar-refractivity contribution is -0.134. The fourth-order valence-electron chi connectivity index (χ4n) is 1.83. The first kappa shape index (κ1) is 9.68. The van der Waals surface area contributed by atoms with E-state index >= 15 is 0 Å². The minimum atomic E-state index is -0.00758. The number of carbonyl (C=O) groups excluding carboxylic acids is 1. The van der Waals surface area contributed by atoms with Gasteiger partial charge >= 0.3 is 0 Å². The molecule has 0 aromatic carbocycles. The van der Waals surface area contributed by atoms with E-state index in [1.165, 1.54) is 0 Å². The molecule has 14 heavy (non-hydrogen) atoms. The number of hydrogen-bond acceptors (Lipinski definition) is 3. The van der Waals surface area contributed by atoms with Crippen LogP contribution in [0.4, 0.5) is 0 Å². The van der Waals surface area contributed by atoms with Crippen LogP contribution in [0.5, 0.6) is 0 Å². The van der Waals surface area contributed by atoms with E-state index in [1.54, 1.807) is 0 Å². The standard InChI is InChI=1S/C10H16N2O2/c13-10-7-14-9(6-12-10)8-3-1-2-4-11-5-8/h1,3,8-9,11H,2,4-7H2,(H,12,13). The van der Waals surface area contributed by atoms with Crippen molar-refractivity contribution in [3.8, 4) is 0 Å². The highest BCUT2D eigenvalue weighted by molar-refractivity contribution is 5.77. The summed E-state index contributed by atoms with van der Waals surface area (Å²) in [7, 11) is 0.